The van der Waals surface area contributed by atoms with E-state index in [0.29, 0.717) is 12.1 Å². The molecule has 0 amide bonds. The van der Waals surface area contributed by atoms with Gasteiger partial charge < -0.3 is 20.3 Å². The number of nitrogens with one attached hydrogen (secondary N) is 2. The summed E-state index contributed by atoms with van der Waals surface area (Å²) in [4.78, 5) is 11.7. The summed E-state index contributed by atoms with van der Waals surface area (Å²) in [6.45, 7) is 14.5. The lowest BCUT2D eigenvalue weighted by Crippen LogP contribution is -2.37. The van der Waals surface area contributed by atoms with E-state index in [4.69, 9.17) is 14.7 Å². The van der Waals surface area contributed by atoms with E-state index in [-0.39, 0.29) is 10.8 Å². The van der Waals surface area contributed by atoms with Crippen LogP contribution >= 0.6 is 0 Å². The lowest BCUT2D eigenvalue weighted by atomic mass is 9.79. The number of fused-ring (bicyclic) bond motifs is 1. The summed E-state index contributed by atoms with van der Waals surface area (Å²) in [6.07, 6.45) is 4.44. The molecule has 1 heterocycles. The third-order valence-corrected chi connectivity index (χ3v) is 7.69. The summed E-state index contributed by atoms with van der Waals surface area (Å²) in [5.74, 6) is 2.70. The zero-order valence-corrected chi connectivity index (χ0v) is 24.9. The highest BCUT2D eigenvalue weighted by Crippen LogP contribution is 2.38. The van der Waals surface area contributed by atoms with Crippen LogP contribution in [0.25, 0.3) is 10.9 Å². The van der Waals surface area contributed by atoms with Gasteiger partial charge in [0.15, 0.2) is 0 Å². The molecule has 3 aromatic rings. The van der Waals surface area contributed by atoms with Crippen LogP contribution in [0.15, 0.2) is 36.4 Å². The summed E-state index contributed by atoms with van der Waals surface area (Å²) >= 11 is 0. The predicted octanol–water partition coefficient (Wildman–Crippen LogP) is 6.81. The first-order valence-electron chi connectivity index (χ1n) is 14.0. The van der Waals surface area contributed by atoms with Crippen molar-refractivity contribution in [3.8, 4) is 5.75 Å². The Balaban J connectivity index is 1.42. The summed E-state index contributed by atoms with van der Waals surface area (Å²) in [5.41, 5.74) is 4.98. The molecule has 1 aliphatic rings. The molecule has 1 aromatic heterocycles. The monoisotopic (exact) mass is 517 g/mol. The van der Waals surface area contributed by atoms with Gasteiger partial charge in [-0.1, -0.05) is 65.8 Å². The first-order chi connectivity index (χ1) is 17.9. The summed E-state index contributed by atoms with van der Waals surface area (Å²) in [7, 11) is 5.87. The zero-order chi connectivity index (χ0) is 27.7. The van der Waals surface area contributed by atoms with Gasteiger partial charge in [-0.05, 0) is 54.2 Å². The lowest BCUT2D eigenvalue weighted by Gasteiger charge is -2.31. The molecule has 1 saturated carbocycles. The van der Waals surface area contributed by atoms with Crippen LogP contribution in [0.1, 0.15) is 83.9 Å². The van der Waals surface area contributed by atoms with Crippen LogP contribution in [0.4, 0.5) is 11.8 Å². The Morgan fingerprint density at radius 1 is 0.895 bits per heavy atom. The Morgan fingerprint density at radius 3 is 2.16 bits per heavy atom. The highest BCUT2D eigenvalue weighted by atomic mass is 16.5. The highest BCUT2D eigenvalue weighted by Gasteiger charge is 2.27. The molecule has 0 bridgehead atoms. The molecule has 1 fully saturated rings. The van der Waals surface area contributed by atoms with Gasteiger partial charge >= 0.3 is 0 Å². The number of para-hydroxylation sites is 1. The Hall–Kier alpha value is -2.86. The number of anilines is 2. The Morgan fingerprint density at radius 2 is 1.55 bits per heavy atom. The number of methoxy groups -OCH3 is 1. The minimum absolute atomic E-state index is 0.0162. The van der Waals surface area contributed by atoms with E-state index < -0.39 is 0 Å². The van der Waals surface area contributed by atoms with Crippen molar-refractivity contribution in [3.63, 3.8) is 0 Å². The van der Waals surface area contributed by atoms with Crippen LogP contribution in [-0.2, 0) is 17.4 Å². The van der Waals surface area contributed by atoms with Gasteiger partial charge in [-0.25, -0.2) is 4.98 Å². The lowest BCUT2D eigenvalue weighted by molar-refractivity contribution is 0.346. The van der Waals surface area contributed by atoms with Gasteiger partial charge in [0.05, 0.1) is 12.6 Å². The average molecular weight is 518 g/mol. The molecule has 6 nitrogen and oxygen atoms in total. The van der Waals surface area contributed by atoms with Crippen LogP contribution in [-0.4, -0.2) is 43.3 Å². The summed E-state index contributed by atoms with van der Waals surface area (Å²) in [5, 5.41) is 8.57. The first-order valence-corrected chi connectivity index (χ1v) is 14.0. The smallest absolute Gasteiger partial charge is 0.225 e. The van der Waals surface area contributed by atoms with Gasteiger partial charge in [0.25, 0.3) is 0 Å². The number of hydrogen-bond donors (Lipinski definition) is 2. The third-order valence-electron chi connectivity index (χ3n) is 7.69. The fourth-order valence-electron chi connectivity index (χ4n) is 5.40. The van der Waals surface area contributed by atoms with Crippen molar-refractivity contribution in [2.24, 2.45) is 0 Å². The van der Waals surface area contributed by atoms with Crippen molar-refractivity contribution in [3.05, 3.63) is 53.1 Å². The van der Waals surface area contributed by atoms with Gasteiger partial charge in [-0.3, -0.25) is 0 Å². The largest absolute Gasteiger partial charge is 0.496 e. The van der Waals surface area contributed by atoms with Crippen LogP contribution in [0.5, 0.6) is 5.75 Å². The number of nitrogens with zero attached hydrogens (tertiary/aromatic N) is 3. The average Bonchev–Trinajstić information content (AvgIpc) is 2.86. The Labute approximate surface area is 229 Å². The topological polar surface area (TPSA) is 62.3 Å². The minimum atomic E-state index is 0.0162. The highest BCUT2D eigenvalue weighted by molar-refractivity contribution is 5.90. The molecule has 4 rings (SSSR count). The van der Waals surface area contributed by atoms with Crippen molar-refractivity contribution in [1.82, 2.24) is 15.3 Å². The number of ether oxygens (including phenoxy) is 1. The van der Waals surface area contributed by atoms with E-state index in [1.165, 1.54) is 16.7 Å². The molecule has 38 heavy (non-hydrogen) atoms. The normalized spacial score (nSPS) is 18.4. The Kier molecular flexibility index (Phi) is 8.22. The Bertz CT molecular complexity index is 1250. The predicted molar refractivity (Wildman–Crippen MR) is 161 cm³/mol. The van der Waals surface area contributed by atoms with Gasteiger partial charge in [0, 0.05) is 49.2 Å². The minimum Gasteiger partial charge on any atom is -0.496 e. The van der Waals surface area contributed by atoms with Gasteiger partial charge in [-0.2, -0.15) is 4.98 Å². The van der Waals surface area contributed by atoms with Crippen LogP contribution < -0.4 is 20.3 Å². The fourth-order valence-corrected chi connectivity index (χ4v) is 5.40. The van der Waals surface area contributed by atoms with Gasteiger partial charge in [-0.15, -0.1) is 0 Å². The van der Waals surface area contributed by atoms with Crippen molar-refractivity contribution < 1.29 is 4.74 Å². The maximum absolute atomic E-state index is 5.98. The maximum Gasteiger partial charge on any atom is 0.225 e. The number of rotatable bonds is 7. The van der Waals surface area contributed by atoms with E-state index in [9.17, 15) is 0 Å². The first kappa shape index (κ1) is 28.2. The van der Waals surface area contributed by atoms with Gasteiger partial charge in [0.1, 0.15) is 11.6 Å². The number of aromatic nitrogens is 2. The summed E-state index contributed by atoms with van der Waals surface area (Å²) < 4.78 is 5.98. The van der Waals surface area contributed by atoms with Crippen LogP contribution in [0, 0.1) is 0 Å². The van der Waals surface area contributed by atoms with Crippen LogP contribution in [0.3, 0.4) is 0 Å². The van der Waals surface area contributed by atoms with Crippen LogP contribution in [0.2, 0.25) is 0 Å². The number of benzene rings is 2. The molecule has 0 saturated heterocycles. The molecule has 0 aliphatic heterocycles. The SMILES string of the molecule is COc1c(CNC2CCC(Nc3nc(N(C)C)c4ccccc4n3)CC2)cc(C(C)(C)C)cc1C(C)(C)C. The maximum atomic E-state index is 5.98. The molecule has 206 valence electrons. The molecule has 0 spiro atoms. The molecule has 6 heteroatoms. The third kappa shape index (κ3) is 6.40. The van der Waals surface area contributed by atoms with E-state index >= 15 is 0 Å². The second-order valence-corrected chi connectivity index (χ2v) is 13.1. The number of hydrogen-bond acceptors (Lipinski definition) is 6. The standard InChI is InChI=1S/C32H47N5O/c1-31(2,3)22-18-21(28(38-9)26(19-22)32(4,5)6)20-33-23-14-16-24(17-15-23)34-30-35-27-13-11-10-12-25(27)29(36-30)37(7)8/h10-13,18-19,23-24,33H,14-17,20H2,1-9H3,(H,34,35,36). The second kappa shape index (κ2) is 11.1. The molecule has 0 unspecified atom stereocenters. The van der Waals surface area contributed by atoms with E-state index in [0.717, 1.165) is 60.6 Å². The van der Waals surface area contributed by atoms with Crippen molar-refractivity contribution in [2.45, 2.75) is 96.7 Å². The zero-order valence-electron chi connectivity index (χ0n) is 24.9. The summed E-state index contributed by atoms with van der Waals surface area (Å²) in [6, 6.07) is 13.8. The fraction of sp³-hybridized carbons (Fsp3) is 0.562. The molecule has 0 radical (unpaired) electrons. The van der Waals surface area contributed by atoms with E-state index in [1.807, 2.05) is 26.2 Å². The quantitative estimate of drug-likeness (QED) is 0.359. The molecular weight excluding hydrogens is 470 g/mol. The molecule has 2 aromatic carbocycles. The van der Waals surface area contributed by atoms with Crippen molar-refractivity contribution in [1.29, 1.82) is 0 Å². The molecular formula is C32H47N5O. The van der Waals surface area contributed by atoms with Crippen molar-refractivity contribution in [2.75, 3.05) is 31.4 Å². The molecule has 2 N–H and O–H groups in total. The van der Waals surface area contributed by atoms with E-state index in [1.54, 1.807) is 7.11 Å². The molecule has 1 aliphatic carbocycles. The van der Waals surface area contributed by atoms with E-state index in [2.05, 4.69) is 81.3 Å². The molecule has 0 atom stereocenters. The van der Waals surface area contributed by atoms with Gasteiger partial charge in [0.2, 0.25) is 5.95 Å². The van der Waals surface area contributed by atoms with Crippen molar-refractivity contribution >= 4 is 22.7 Å². The second-order valence-electron chi connectivity index (χ2n) is 13.1.